The maximum Gasteiger partial charge on any atom is 0.193 e. The highest BCUT2D eigenvalue weighted by Crippen LogP contribution is 2.37. The number of carbonyl (C=O) groups is 1. The number of hydrogen-bond donors (Lipinski definition) is 0. The topological polar surface area (TPSA) is 26.3 Å². The molecule has 1 unspecified atom stereocenters. The second-order valence-corrected chi connectivity index (χ2v) is 10.5. The molecule has 0 aromatic heterocycles. The minimum Gasteiger partial charge on any atom is -0.407 e. The van der Waals surface area contributed by atoms with Gasteiger partial charge < -0.3 is 4.43 Å². The fourth-order valence-electron chi connectivity index (χ4n) is 1.14. The second kappa shape index (κ2) is 5.26. The van der Waals surface area contributed by atoms with Gasteiger partial charge in [0.15, 0.2) is 14.1 Å². The van der Waals surface area contributed by atoms with Gasteiger partial charge in [0.2, 0.25) is 0 Å². The molecule has 0 radical (unpaired) electrons. The molecule has 90 valence electrons. The Labute approximate surface area is 95.5 Å². The van der Waals surface area contributed by atoms with Crippen molar-refractivity contribution in [2.45, 2.75) is 71.7 Å². The minimum absolute atomic E-state index is 0.168. The van der Waals surface area contributed by atoms with Crippen LogP contribution in [0.2, 0.25) is 18.1 Å². The van der Waals surface area contributed by atoms with E-state index in [-0.39, 0.29) is 16.9 Å². The lowest BCUT2D eigenvalue weighted by molar-refractivity contribution is -0.124. The van der Waals surface area contributed by atoms with E-state index in [4.69, 9.17) is 4.43 Å². The number of rotatable bonds is 5. The lowest BCUT2D eigenvalue weighted by Crippen LogP contribution is -2.45. The van der Waals surface area contributed by atoms with Gasteiger partial charge in [-0.2, -0.15) is 0 Å². The van der Waals surface area contributed by atoms with E-state index >= 15 is 0 Å². The summed E-state index contributed by atoms with van der Waals surface area (Å²) in [6.45, 7) is 14.7. The molecule has 0 amide bonds. The average Bonchev–Trinajstić information content (AvgIpc) is 2.00. The van der Waals surface area contributed by atoms with Crippen LogP contribution in [0.3, 0.4) is 0 Å². The highest BCUT2D eigenvalue weighted by atomic mass is 28.4. The van der Waals surface area contributed by atoms with Crippen LogP contribution in [0.1, 0.15) is 47.5 Å². The van der Waals surface area contributed by atoms with Gasteiger partial charge in [-0.15, -0.1) is 0 Å². The molecule has 0 aromatic carbocycles. The summed E-state index contributed by atoms with van der Waals surface area (Å²) in [5.41, 5.74) is 0. The third-order valence-corrected chi connectivity index (χ3v) is 7.73. The average molecular weight is 230 g/mol. The summed E-state index contributed by atoms with van der Waals surface area (Å²) in [5.74, 6) is 0.168. The normalized spacial score (nSPS) is 15.1. The Bertz CT molecular complexity index is 216. The largest absolute Gasteiger partial charge is 0.407 e. The summed E-state index contributed by atoms with van der Waals surface area (Å²) in [6, 6.07) is 0. The third kappa shape index (κ3) is 4.47. The van der Waals surface area contributed by atoms with Crippen LogP contribution in [0.15, 0.2) is 0 Å². The van der Waals surface area contributed by atoms with Crippen molar-refractivity contribution in [3.8, 4) is 0 Å². The summed E-state index contributed by atoms with van der Waals surface area (Å²) in [5, 5.41) is 0.175. The highest BCUT2D eigenvalue weighted by Gasteiger charge is 2.39. The van der Waals surface area contributed by atoms with Crippen LogP contribution in [-0.2, 0) is 9.22 Å². The Balaban J connectivity index is 4.59. The maximum atomic E-state index is 11.4. The van der Waals surface area contributed by atoms with Crippen molar-refractivity contribution in [3.63, 3.8) is 0 Å². The van der Waals surface area contributed by atoms with E-state index in [0.717, 1.165) is 12.8 Å². The van der Waals surface area contributed by atoms with Crippen LogP contribution in [-0.4, -0.2) is 20.2 Å². The SMILES string of the molecule is CCCC(O[Si](C)(C)C(C)(C)C)C(C)=O. The van der Waals surface area contributed by atoms with Crippen LogP contribution in [0, 0.1) is 0 Å². The van der Waals surface area contributed by atoms with E-state index in [1.165, 1.54) is 0 Å². The van der Waals surface area contributed by atoms with Crippen LogP contribution in [0.5, 0.6) is 0 Å². The molecule has 2 nitrogen and oxygen atoms in total. The minimum atomic E-state index is -1.79. The van der Waals surface area contributed by atoms with Gasteiger partial charge in [0.25, 0.3) is 0 Å². The molecule has 0 aliphatic rings. The van der Waals surface area contributed by atoms with Gasteiger partial charge in [0.1, 0.15) is 6.10 Å². The maximum absolute atomic E-state index is 11.4. The first-order valence-electron chi connectivity index (χ1n) is 5.80. The number of carbonyl (C=O) groups excluding carboxylic acids is 1. The molecule has 0 aromatic rings. The second-order valence-electron chi connectivity index (χ2n) is 5.77. The van der Waals surface area contributed by atoms with Gasteiger partial charge in [-0.05, 0) is 31.5 Å². The molecule has 0 heterocycles. The Hall–Kier alpha value is -0.153. The molecule has 0 fully saturated rings. The molecule has 0 saturated carbocycles. The Morgan fingerprint density at radius 1 is 1.33 bits per heavy atom. The molecule has 15 heavy (non-hydrogen) atoms. The van der Waals surface area contributed by atoms with Crippen molar-refractivity contribution in [2.75, 3.05) is 0 Å². The molecule has 0 N–H and O–H groups in total. The zero-order chi connectivity index (χ0) is 12.3. The molecular weight excluding hydrogens is 204 g/mol. The number of Topliss-reactive ketones (excluding diaryl/α,β-unsaturated/α-hetero) is 1. The standard InChI is InChI=1S/C12H26O2Si/c1-8-9-11(10(2)13)14-15(6,7)12(3,4)5/h11H,8-9H2,1-7H3. The summed E-state index contributed by atoms with van der Waals surface area (Å²) in [4.78, 5) is 11.4. The molecular formula is C12H26O2Si. The van der Waals surface area contributed by atoms with Crippen LogP contribution in [0.4, 0.5) is 0 Å². The predicted octanol–water partition coefficient (Wildman–Crippen LogP) is 3.77. The van der Waals surface area contributed by atoms with E-state index in [0.29, 0.717) is 0 Å². The zero-order valence-electron chi connectivity index (χ0n) is 11.3. The number of ketones is 1. The van der Waals surface area contributed by atoms with Gasteiger partial charge in [0, 0.05) is 0 Å². The first-order valence-corrected chi connectivity index (χ1v) is 8.71. The van der Waals surface area contributed by atoms with E-state index in [2.05, 4.69) is 40.8 Å². The lowest BCUT2D eigenvalue weighted by Gasteiger charge is -2.38. The Morgan fingerprint density at radius 2 is 1.80 bits per heavy atom. The summed E-state index contributed by atoms with van der Waals surface area (Å²) >= 11 is 0. The molecule has 0 bridgehead atoms. The van der Waals surface area contributed by atoms with Crippen LogP contribution in [0.25, 0.3) is 0 Å². The van der Waals surface area contributed by atoms with Crippen molar-refractivity contribution in [2.24, 2.45) is 0 Å². The van der Waals surface area contributed by atoms with Crippen molar-refractivity contribution >= 4 is 14.1 Å². The Kier molecular flexibility index (Phi) is 5.20. The first-order chi connectivity index (χ1) is 6.62. The van der Waals surface area contributed by atoms with E-state index in [1.54, 1.807) is 6.92 Å². The summed E-state index contributed by atoms with van der Waals surface area (Å²) < 4.78 is 6.09. The van der Waals surface area contributed by atoms with Crippen molar-refractivity contribution in [1.29, 1.82) is 0 Å². The summed E-state index contributed by atoms with van der Waals surface area (Å²) in [7, 11) is -1.79. The fraction of sp³-hybridized carbons (Fsp3) is 0.917. The highest BCUT2D eigenvalue weighted by molar-refractivity contribution is 6.74. The Morgan fingerprint density at radius 3 is 2.07 bits per heavy atom. The van der Waals surface area contributed by atoms with Crippen molar-refractivity contribution in [3.05, 3.63) is 0 Å². The van der Waals surface area contributed by atoms with Crippen LogP contribution >= 0.6 is 0 Å². The lowest BCUT2D eigenvalue weighted by atomic mass is 10.1. The van der Waals surface area contributed by atoms with E-state index in [9.17, 15) is 4.79 Å². The van der Waals surface area contributed by atoms with Gasteiger partial charge in [-0.1, -0.05) is 34.1 Å². The van der Waals surface area contributed by atoms with Crippen LogP contribution < -0.4 is 0 Å². The first kappa shape index (κ1) is 14.8. The van der Waals surface area contributed by atoms with Gasteiger partial charge >= 0.3 is 0 Å². The summed E-state index contributed by atoms with van der Waals surface area (Å²) in [6.07, 6.45) is 1.66. The van der Waals surface area contributed by atoms with Crippen molar-refractivity contribution in [1.82, 2.24) is 0 Å². The smallest absolute Gasteiger partial charge is 0.193 e. The van der Waals surface area contributed by atoms with Gasteiger partial charge in [-0.25, -0.2) is 0 Å². The number of hydrogen-bond acceptors (Lipinski definition) is 2. The quantitative estimate of drug-likeness (QED) is 0.672. The van der Waals surface area contributed by atoms with Gasteiger partial charge in [-0.3, -0.25) is 4.79 Å². The van der Waals surface area contributed by atoms with Crippen molar-refractivity contribution < 1.29 is 9.22 Å². The van der Waals surface area contributed by atoms with Gasteiger partial charge in [0.05, 0.1) is 0 Å². The van der Waals surface area contributed by atoms with E-state index in [1.807, 2.05) is 0 Å². The monoisotopic (exact) mass is 230 g/mol. The molecule has 3 heteroatoms. The predicted molar refractivity (Wildman–Crippen MR) is 67.7 cm³/mol. The molecule has 0 saturated heterocycles. The molecule has 0 aliphatic carbocycles. The molecule has 1 atom stereocenters. The molecule has 0 rings (SSSR count). The van der Waals surface area contributed by atoms with E-state index < -0.39 is 8.32 Å². The molecule has 0 spiro atoms. The molecule has 0 aliphatic heterocycles. The zero-order valence-corrected chi connectivity index (χ0v) is 12.3. The fourth-order valence-corrected chi connectivity index (χ4v) is 2.49. The third-order valence-electron chi connectivity index (χ3n) is 3.25.